The predicted molar refractivity (Wildman–Crippen MR) is 121 cm³/mol. The van der Waals surface area contributed by atoms with E-state index < -0.39 is 5.97 Å². The van der Waals surface area contributed by atoms with E-state index >= 15 is 0 Å². The molecule has 2 aromatic heterocycles. The lowest BCUT2D eigenvalue weighted by Gasteiger charge is -2.19. The number of halogens is 1. The molecule has 31 heavy (non-hydrogen) atoms. The van der Waals surface area contributed by atoms with Crippen molar-refractivity contribution in [2.45, 2.75) is 20.8 Å². The van der Waals surface area contributed by atoms with E-state index in [9.17, 15) is 14.0 Å². The van der Waals surface area contributed by atoms with Crippen molar-refractivity contribution in [3.63, 3.8) is 0 Å². The number of benzene rings is 1. The zero-order valence-electron chi connectivity index (χ0n) is 17.6. The van der Waals surface area contributed by atoms with Crippen molar-refractivity contribution in [3.05, 3.63) is 60.2 Å². The van der Waals surface area contributed by atoms with E-state index in [1.54, 1.807) is 36.4 Å². The van der Waals surface area contributed by atoms with Crippen LogP contribution in [0.4, 0.5) is 14.2 Å². The second-order valence-electron chi connectivity index (χ2n) is 6.58. The lowest BCUT2D eigenvalue weighted by molar-refractivity contribution is 0.0529. The minimum Gasteiger partial charge on any atom is -0.462 e. The second kappa shape index (κ2) is 10.2. The van der Waals surface area contributed by atoms with E-state index in [1.807, 2.05) is 26.0 Å². The standard InChI is InChI=1S/C23H24FN3O3S/c1-4-27(5-2)23(29)26-21-19(22(28)30-6-3)18(15-7-9-17(24)10-8-15)20(31-21)16-11-13-25-14-12-16/h7-14H,4-6H2,1-3H3,(H,26,29). The monoisotopic (exact) mass is 441 g/mol. The van der Waals surface area contributed by atoms with Crippen LogP contribution in [-0.2, 0) is 4.74 Å². The molecule has 1 N–H and O–H groups in total. The van der Waals surface area contributed by atoms with E-state index in [2.05, 4.69) is 10.3 Å². The number of pyridine rings is 1. The molecule has 0 spiro atoms. The van der Waals surface area contributed by atoms with Gasteiger partial charge in [0.2, 0.25) is 0 Å². The summed E-state index contributed by atoms with van der Waals surface area (Å²) in [6.07, 6.45) is 3.31. The number of anilines is 1. The summed E-state index contributed by atoms with van der Waals surface area (Å²) >= 11 is 1.28. The third-order valence-electron chi connectivity index (χ3n) is 4.73. The number of urea groups is 1. The fourth-order valence-corrected chi connectivity index (χ4v) is 4.41. The Morgan fingerprint density at radius 1 is 1.03 bits per heavy atom. The molecule has 0 bridgehead atoms. The molecule has 2 amide bonds. The summed E-state index contributed by atoms with van der Waals surface area (Å²) in [6, 6.07) is 9.25. The quantitative estimate of drug-likeness (QED) is 0.480. The van der Waals surface area contributed by atoms with Gasteiger partial charge >= 0.3 is 12.0 Å². The van der Waals surface area contributed by atoms with Gasteiger partial charge in [0.05, 0.1) is 6.61 Å². The third kappa shape index (κ3) is 4.91. The highest BCUT2D eigenvalue weighted by molar-refractivity contribution is 7.20. The first-order valence-corrected chi connectivity index (χ1v) is 10.9. The predicted octanol–water partition coefficient (Wildman–Crippen LogP) is 5.67. The molecule has 0 aliphatic rings. The van der Waals surface area contributed by atoms with Crippen molar-refractivity contribution >= 4 is 28.3 Å². The molecule has 3 rings (SSSR count). The van der Waals surface area contributed by atoms with Crippen LogP contribution in [-0.4, -0.2) is 41.6 Å². The molecule has 6 nitrogen and oxygen atoms in total. The molecule has 1 aromatic carbocycles. The molecule has 0 unspecified atom stereocenters. The van der Waals surface area contributed by atoms with Crippen LogP contribution in [0.25, 0.3) is 21.6 Å². The number of carbonyl (C=O) groups excluding carboxylic acids is 2. The smallest absolute Gasteiger partial charge is 0.341 e. The Balaban J connectivity index is 2.24. The molecular weight excluding hydrogens is 417 g/mol. The van der Waals surface area contributed by atoms with Gasteiger partial charge in [-0.1, -0.05) is 12.1 Å². The number of carbonyl (C=O) groups is 2. The van der Waals surface area contributed by atoms with Crippen molar-refractivity contribution in [2.24, 2.45) is 0 Å². The highest BCUT2D eigenvalue weighted by Crippen LogP contribution is 2.46. The molecule has 8 heteroatoms. The number of esters is 1. The van der Waals surface area contributed by atoms with Crippen LogP contribution in [0.5, 0.6) is 0 Å². The number of ether oxygens (including phenoxy) is 1. The first-order valence-electron chi connectivity index (χ1n) is 10.1. The van der Waals surface area contributed by atoms with Gasteiger partial charge in [-0.3, -0.25) is 10.3 Å². The maximum Gasteiger partial charge on any atom is 0.341 e. The lowest BCUT2D eigenvalue weighted by Crippen LogP contribution is -2.34. The number of rotatable bonds is 7. The maximum absolute atomic E-state index is 13.6. The molecular formula is C23H24FN3O3S. The van der Waals surface area contributed by atoms with E-state index in [-0.39, 0.29) is 24.0 Å². The van der Waals surface area contributed by atoms with Crippen molar-refractivity contribution in [3.8, 4) is 21.6 Å². The summed E-state index contributed by atoms with van der Waals surface area (Å²) in [5.41, 5.74) is 2.32. The molecule has 162 valence electrons. The van der Waals surface area contributed by atoms with Crippen LogP contribution >= 0.6 is 11.3 Å². The average Bonchev–Trinajstić information content (AvgIpc) is 3.15. The zero-order valence-corrected chi connectivity index (χ0v) is 18.5. The van der Waals surface area contributed by atoms with Crippen LogP contribution in [0, 0.1) is 5.82 Å². The number of thiophene rings is 1. The van der Waals surface area contributed by atoms with Crippen molar-refractivity contribution < 1.29 is 18.7 Å². The topological polar surface area (TPSA) is 71.5 Å². The van der Waals surface area contributed by atoms with E-state index in [0.29, 0.717) is 29.2 Å². The van der Waals surface area contributed by atoms with Gasteiger partial charge in [0.15, 0.2) is 0 Å². The van der Waals surface area contributed by atoms with E-state index in [1.165, 1.54) is 23.5 Å². The van der Waals surface area contributed by atoms with Crippen molar-refractivity contribution in [1.82, 2.24) is 9.88 Å². The van der Waals surface area contributed by atoms with Gasteiger partial charge in [0, 0.05) is 35.9 Å². The molecule has 0 saturated heterocycles. The summed E-state index contributed by atoms with van der Waals surface area (Å²) < 4.78 is 18.9. The molecule has 0 atom stereocenters. The van der Waals surface area contributed by atoms with Gasteiger partial charge < -0.3 is 9.64 Å². The number of nitrogens with one attached hydrogen (secondary N) is 1. The summed E-state index contributed by atoms with van der Waals surface area (Å²) in [6.45, 7) is 6.74. The maximum atomic E-state index is 13.6. The van der Waals surface area contributed by atoms with E-state index in [0.717, 1.165) is 10.4 Å². The van der Waals surface area contributed by atoms with Crippen LogP contribution in [0.3, 0.4) is 0 Å². The normalized spacial score (nSPS) is 10.6. The molecule has 3 aromatic rings. The Labute approximate surface area is 184 Å². The summed E-state index contributed by atoms with van der Waals surface area (Å²) in [5.74, 6) is -0.926. The Hall–Kier alpha value is -3.26. The van der Waals surface area contributed by atoms with Gasteiger partial charge in [-0.05, 0) is 56.2 Å². The highest BCUT2D eigenvalue weighted by atomic mass is 32.1. The summed E-state index contributed by atoms with van der Waals surface area (Å²) in [7, 11) is 0. The molecule has 2 heterocycles. The Morgan fingerprint density at radius 2 is 1.68 bits per heavy atom. The average molecular weight is 442 g/mol. The highest BCUT2D eigenvalue weighted by Gasteiger charge is 2.28. The van der Waals surface area contributed by atoms with Gasteiger partial charge in [0.1, 0.15) is 16.4 Å². The van der Waals surface area contributed by atoms with E-state index in [4.69, 9.17) is 4.74 Å². The third-order valence-corrected chi connectivity index (χ3v) is 5.89. The lowest BCUT2D eigenvalue weighted by atomic mass is 9.98. The number of hydrogen-bond donors (Lipinski definition) is 1. The second-order valence-corrected chi connectivity index (χ2v) is 7.60. The van der Waals surface area contributed by atoms with Crippen molar-refractivity contribution in [2.75, 3.05) is 25.0 Å². The van der Waals surface area contributed by atoms with Crippen LogP contribution in [0.15, 0.2) is 48.8 Å². The summed E-state index contributed by atoms with van der Waals surface area (Å²) in [4.78, 5) is 32.2. The number of hydrogen-bond acceptors (Lipinski definition) is 5. The fourth-order valence-electron chi connectivity index (χ4n) is 3.20. The molecule has 0 aliphatic heterocycles. The number of nitrogens with zero attached hydrogens (tertiary/aromatic N) is 2. The minimum absolute atomic E-state index is 0.186. The Bertz CT molecular complexity index is 1050. The van der Waals surface area contributed by atoms with Gasteiger partial charge in [-0.15, -0.1) is 11.3 Å². The number of aromatic nitrogens is 1. The van der Waals surface area contributed by atoms with Crippen LogP contribution < -0.4 is 5.32 Å². The van der Waals surface area contributed by atoms with Crippen LogP contribution in [0.1, 0.15) is 31.1 Å². The molecule has 0 fully saturated rings. The van der Waals surface area contributed by atoms with Gasteiger partial charge in [-0.2, -0.15) is 0 Å². The van der Waals surface area contributed by atoms with Crippen LogP contribution in [0.2, 0.25) is 0 Å². The first kappa shape index (κ1) is 22.4. The zero-order chi connectivity index (χ0) is 22.4. The molecule has 0 aliphatic carbocycles. The summed E-state index contributed by atoms with van der Waals surface area (Å²) in [5, 5.41) is 3.27. The fraction of sp³-hybridized carbons (Fsp3) is 0.261. The SMILES string of the molecule is CCOC(=O)c1c(NC(=O)N(CC)CC)sc(-c2ccncc2)c1-c1ccc(F)cc1. The molecule has 0 radical (unpaired) electrons. The first-order chi connectivity index (χ1) is 15.0. The van der Waals surface area contributed by atoms with Gasteiger partial charge in [0.25, 0.3) is 0 Å². The van der Waals surface area contributed by atoms with Gasteiger partial charge in [-0.25, -0.2) is 14.0 Å². The number of amides is 2. The van der Waals surface area contributed by atoms with Crippen molar-refractivity contribution in [1.29, 1.82) is 0 Å². The minimum atomic E-state index is -0.548. The Kier molecular flexibility index (Phi) is 7.36. The molecule has 0 saturated carbocycles. The Morgan fingerprint density at radius 3 is 2.26 bits per heavy atom. The largest absolute Gasteiger partial charge is 0.462 e.